The highest BCUT2D eigenvalue weighted by Crippen LogP contribution is 2.18. The fourth-order valence-corrected chi connectivity index (χ4v) is 4.43. The topological polar surface area (TPSA) is 67.6 Å². The molecule has 1 atom stereocenters. The molecule has 0 aliphatic carbocycles. The number of aryl methyl sites for hydroxylation is 1. The molecule has 4 rings (SSSR count). The summed E-state index contributed by atoms with van der Waals surface area (Å²) in [7, 11) is 1.87. The molecule has 0 bridgehead atoms. The Kier molecular flexibility index (Phi) is 7.34. The van der Waals surface area contributed by atoms with E-state index in [1.165, 1.54) is 24.8 Å². The molecule has 3 heterocycles. The average Bonchev–Trinajstić information content (AvgIpc) is 3.32. The van der Waals surface area contributed by atoms with Crippen LogP contribution in [0.1, 0.15) is 42.9 Å². The first kappa shape index (κ1) is 20.8. The highest BCUT2D eigenvalue weighted by atomic mass is 16.5. The summed E-state index contributed by atoms with van der Waals surface area (Å²) in [6, 6.07) is 10.4. The molecule has 1 fully saturated rings. The zero-order valence-corrected chi connectivity index (χ0v) is 18.1. The molecule has 2 aliphatic heterocycles. The summed E-state index contributed by atoms with van der Waals surface area (Å²) in [6.45, 7) is 5.40. The lowest BCUT2D eigenvalue weighted by Crippen LogP contribution is -2.41. The van der Waals surface area contributed by atoms with Crippen molar-refractivity contribution in [3.8, 4) is 0 Å². The lowest BCUT2D eigenvalue weighted by Gasteiger charge is -2.21. The molecule has 1 N–H and O–H groups in total. The van der Waals surface area contributed by atoms with E-state index < -0.39 is 0 Å². The van der Waals surface area contributed by atoms with Crippen molar-refractivity contribution in [3.63, 3.8) is 0 Å². The van der Waals surface area contributed by atoms with E-state index in [0.29, 0.717) is 12.5 Å². The number of fused-ring (bicyclic) bond motifs is 1. The third-order valence-electron chi connectivity index (χ3n) is 6.08. The minimum Gasteiger partial charge on any atom is -0.376 e. The van der Waals surface area contributed by atoms with E-state index in [0.717, 1.165) is 69.7 Å². The summed E-state index contributed by atoms with van der Waals surface area (Å²) in [5.41, 5.74) is 1.23. The summed E-state index contributed by atoms with van der Waals surface area (Å²) in [5.74, 6) is 3.80. The molecule has 162 valence electrons. The number of ether oxygens (including phenoxy) is 1. The predicted octanol–water partition coefficient (Wildman–Crippen LogP) is 2.66. The minimum atomic E-state index is 0.555. The molecule has 0 amide bonds. The fourth-order valence-electron chi connectivity index (χ4n) is 4.43. The second kappa shape index (κ2) is 10.6. The van der Waals surface area contributed by atoms with Crippen molar-refractivity contribution in [1.82, 2.24) is 25.0 Å². The van der Waals surface area contributed by atoms with E-state index in [1.807, 2.05) is 13.1 Å². The Bertz CT molecular complexity index is 818. The fraction of sp³-hybridized carbons (Fsp3) is 0.609. The van der Waals surface area contributed by atoms with Gasteiger partial charge in [0.05, 0.1) is 13.2 Å². The summed E-state index contributed by atoms with van der Waals surface area (Å²) < 4.78 is 8.28. The first-order valence-corrected chi connectivity index (χ1v) is 11.3. The smallest absolute Gasteiger partial charge is 0.193 e. The van der Waals surface area contributed by atoms with Crippen LogP contribution in [0.4, 0.5) is 0 Å². The van der Waals surface area contributed by atoms with Crippen molar-refractivity contribution in [2.45, 2.75) is 51.7 Å². The molecule has 7 heteroatoms. The molecule has 2 aliphatic rings. The second-order valence-corrected chi connectivity index (χ2v) is 8.32. The van der Waals surface area contributed by atoms with Gasteiger partial charge in [0, 0.05) is 52.0 Å². The Labute approximate surface area is 179 Å². The van der Waals surface area contributed by atoms with Crippen LogP contribution in [0.15, 0.2) is 35.3 Å². The van der Waals surface area contributed by atoms with Crippen molar-refractivity contribution in [1.29, 1.82) is 0 Å². The molecule has 1 saturated heterocycles. The number of nitrogens with one attached hydrogen (secondary N) is 1. The van der Waals surface area contributed by atoms with Gasteiger partial charge in [-0.05, 0) is 24.8 Å². The van der Waals surface area contributed by atoms with E-state index in [9.17, 15) is 0 Å². The van der Waals surface area contributed by atoms with E-state index in [-0.39, 0.29) is 0 Å². The van der Waals surface area contributed by atoms with Gasteiger partial charge in [0.15, 0.2) is 5.96 Å². The summed E-state index contributed by atoms with van der Waals surface area (Å²) in [4.78, 5) is 6.85. The molecule has 7 nitrogen and oxygen atoms in total. The maximum atomic E-state index is 5.95. The van der Waals surface area contributed by atoms with Crippen LogP contribution in [0.25, 0.3) is 0 Å². The number of guanidine groups is 1. The van der Waals surface area contributed by atoms with Crippen LogP contribution in [0.2, 0.25) is 0 Å². The molecule has 1 aromatic carbocycles. The van der Waals surface area contributed by atoms with Gasteiger partial charge < -0.3 is 19.5 Å². The Morgan fingerprint density at radius 2 is 2.07 bits per heavy atom. The molecular weight excluding hydrogens is 376 g/mol. The lowest BCUT2D eigenvalue weighted by molar-refractivity contribution is 0.0907. The van der Waals surface area contributed by atoms with Gasteiger partial charge in [0.2, 0.25) is 0 Å². The largest absolute Gasteiger partial charge is 0.376 e. The van der Waals surface area contributed by atoms with Crippen molar-refractivity contribution in [2.75, 3.05) is 33.3 Å². The molecule has 0 radical (unpaired) electrons. The highest BCUT2D eigenvalue weighted by molar-refractivity contribution is 5.80. The number of benzene rings is 1. The number of rotatable bonds is 7. The van der Waals surface area contributed by atoms with Crippen LogP contribution in [0.5, 0.6) is 0 Å². The summed E-state index contributed by atoms with van der Waals surface area (Å²) in [5, 5.41) is 12.4. The summed E-state index contributed by atoms with van der Waals surface area (Å²) >= 11 is 0. The van der Waals surface area contributed by atoms with Gasteiger partial charge in [0.1, 0.15) is 11.6 Å². The van der Waals surface area contributed by atoms with Gasteiger partial charge in [-0.25, -0.2) is 0 Å². The van der Waals surface area contributed by atoms with E-state index in [1.54, 1.807) is 0 Å². The van der Waals surface area contributed by atoms with Gasteiger partial charge in [-0.1, -0.05) is 36.8 Å². The zero-order valence-electron chi connectivity index (χ0n) is 18.1. The predicted molar refractivity (Wildman–Crippen MR) is 118 cm³/mol. The maximum absolute atomic E-state index is 5.95. The third kappa shape index (κ3) is 5.39. The molecule has 1 unspecified atom stereocenters. The summed E-state index contributed by atoms with van der Waals surface area (Å²) in [6.07, 6.45) is 6.84. The van der Waals surface area contributed by atoms with Gasteiger partial charge in [0.25, 0.3) is 0 Å². The van der Waals surface area contributed by atoms with Gasteiger partial charge in [-0.3, -0.25) is 4.99 Å². The molecular formula is C23H34N6O. The lowest BCUT2D eigenvalue weighted by atomic mass is 10.1. The van der Waals surface area contributed by atoms with E-state index >= 15 is 0 Å². The number of hydrogen-bond acceptors (Lipinski definition) is 4. The third-order valence-corrected chi connectivity index (χ3v) is 6.08. The van der Waals surface area contributed by atoms with E-state index in [4.69, 9.17) is 4.74 Å². The average molecular weight is 411 g/mol. The van der Waals surface area contributed by atoms with Crippen molar-refractivity contribution < 1.29 is 4.74 Å². The van der Waals surface area contributed by atoms with Crippen LogP contribution in [-0.4, -0.2) is 58.9 Å². The molecule has 0 saturated carbocycles. The van der Waals surface area contributed by atoms with Crippen molar-refractivity contribution in [2.24, 2.45) is 10.9 Å². The number of likely N-dealkylation sites (tertiary alicyclic amines) is 1. The SMILES string of the molecule is CN=C(NCCc1nnc2n1CCCCC2)N1CCC(COCc2ccccc2)C1. The standard InChI is InChI=1S/C23H34N6O/c1-24-23(25-13-11-22-27-26-21-10-6-3-7-14-29(21)22)28-15-12-20(16-28)18-30-17-19-8-4-2-5-9-19/h2,4-5,8-9,20H,3,6-7,10-18H2,1H3,(H,24,25). The van der Waals surface area contributed by atoms with Crippen LogP contribution >= 0.6 is 0 Å². The Hall–Kier alpha value is -2.41. The van der Waals surface area contributed by atoms with Gasteiger partial charge in [-0.15, -0.1) is 10.2 Å². The number of nitrogens with zero attached hydrogens (tertiary/aromatic N) is 5. The first-order valence-electron chi connectivity index (χ1n) is 11.3. The normalized spacial score (nSPS) is 19.6. The second-order valence-electron chi connectivity index (χ2n) is 8.32. The van der Waals surface area contributed by atoms with Crippen molar-refractivity contribution in [3.05, 3.63) is 47.5 Å². The Morgan fingerprint density at radius 1 is 1.17 bits per heavy atom. The number of aromatic nitrogens is 3. The number of aliphatic imine (C=N–C) groups is 1. The number of hydrogen-bond donors (Lipinski definition) is 1. The van der Waals surface area contributed by atoms with E-state index in [2.05, 4.69) is 54.2 Å². The highest BCUT2D eigenvalue weighted by Gasteiger charge is 2.25. The van der Waals surface area contributed by atoms with Crippen LogP contribution in [0.3, 0.4) is 0 Å². The Morgan fingerprint density at radius 3 is 2.93 bits per heavy atom. The van der Waals surface area contributed by atoms with Gasteiger partial charge in [-0.2, -0.15) is 0 Å². The van der Waals surface area contributed by atoms with Gasteiger partial charge >= 0.3 is 0 Å². The molecule has 1 aromatic heterocycles. The van der Waals surface area contributed by atoms with Crippen molar-refractivity contribution >= 4 is 5.96 Å². The maximum Gasteiger partial charge on any atom is 0.193 e. The van der Waals surface area contributed by atoms with Crippen LogP contribution in [0, 0.1) is 5.92 Å². The molecule has 0 spiro atoms. The van der Waals surface area contributed by atoms with Crippen LogP contribution in [-0.2, 0) is 30.7 Å². The quantitative estimate of drug-likeness (QED) is 0.561. The minimum absolute atomic E-state index is 0.555. The first-order chi connectivity index (χ1) is 14.8. The molecule has 2 aromatic rings. The monoisotopic (exact) mass is 410 g/mol. The van der Waals surface area contributed by atoms with Crippen LogP contribution < -0.4 is 5.32 Å². The Balaban J connectivity index is 1.20. The zero-order chi connectivity index (χ0) is 20.6. The molecule has 30 heavy (non-hydrogen) atoms.